The van der Waals surface area contributed by atoms with Crippen molar-refractivity contribution >= 4 is 33.7 Å². The second-order valence-corrected chi connectivity index (χ2v) is 10.3. The van der Waals surface area contributed by atoms with Crippen LogP contribution in [0.2, 0.25) is 0 Å². The first-order chi connectivity index (χ1) is 18.0. The molecule has 1 heterocycles. The topological polar surface area (TPSA) is 94.2 Å². The highest BCUT2D eigenvalue weighted by Crippen LogP contribution is 2.26. The molecule has 37 heavy (non-hydrogen) atoms. The number of methoxy groups -OCH3 is 1. The summed E-state index contributed by atoms with van der Waals surface area (Å²) >= 11 is 3.40. The molecule has 1 fully saturated rings. The molecule has 1 saturated heterocycles. The van der Waals surface area contributed by atoms with Crippen LogP contribution in [-0.4, -0.2) is 68.7 Å². The van der Waals surface area contributed by atoms with Gasteiger partial charge in [0.05, 0.1) is 25.2 Å². The number of halogens is 1. The van der Waals surface area contributed by atoms with Crippen molar-refractivity contribution in [2.24, 2.45) is 0 Å². The Balaban J connectivity index is 1.82. The van der Waals surface area contributed by atoms with Crippen molar-refractivity contribution in [2.45, 2.75) is 83.6 Å². The van der Waals surface area contributed by atoms with E-state index in [1.165, 1.54) is 49.8 Å². The number of carbonyl (C=O) groups is 3. The van der Waals surface area contributed by atoms with Gasteiger partial charge in [-0.1, -0.05) is 80.6 Å². The van der Waals surface area contributed by atoms with E-state index in [0.717, 1.165) is 19.3 Å². The SMILES string of the molecule is CCCCCCCCCCCCOC(=O)CC1C(=O)NCCN1C(=O)c1cc(Br)ccc1OCCOC. The molecule has 0 spiro atoms. The summed E-state index contributed by atoms with van der Waals surface area (Å²) in [6, 6.07) is 4.22. The van der Waals surface area contributed by atoms with Crippen molar-refractivity contribution in [2.75, 3.05) is 40.0 Å². The van der Waals surface area contributed by atoms with Gasteiger partial charge in [0.1, 0.15) is 18.4 Å². The smallest absolute Gasteiger partial charge is 0.308 e. The van der Waals surface area contributed by atoms with E-state index < -0.39 is 12.0 Å². The Bertz CT molecular complexity index is 850. The van der Waals surface area contributed by atoms with Gasteiger partial charge in [0, 0.05) is 24.7 Å². The van der Waals surface area contributed by atoms with Crippen LogP contribution >= 0.6 is 15.9 Å². The van der Waals surface area contributed by atoms with Crippen LogP contribution in [0.25, 0.3) is 0 Å². The Hall–Kier alpha value is -2.13. The lowest BCUT2D eigenvalue weighted by Gasteiger charge is -2.35. The van der Waals surface area contributed by atoms with Gasteiger partial charge in [-0.15, -0.1) is 0 Å². The van der Waals surface area contributed by atoms with Crippen LogP contribution in [0.3, 0.4) is 0 Å². The average Bonchev–Trinajstić information content (AvgIpc) is 2.89. The van der Waals surface area contributed by atoms with Crippen LogP contribution in [-0.2, 0) is 19.1 Å². The first-order valence-electron chi connectivity index (χ1n) is 13.6. The van der Waals surface area contributed by atoms with Gasteiger partial charge < -0.3 is 24.4 Å². The molecule has 0 bridgehead atoms. The molecular weight excluding hydrogens is 540 g/mol. The number of amides is 2. The van der Waals surface area contributed by atoms with Crippen LogP contribution in [0.4, 0.5) is 0 Å². The number of hydrogen-bond acceptors (Lipinski definition) is 6. The zero-order chi connectivity index (χ0) is 26.9. The third-order valence-corrected chi connectivity index (χ3v) is 6.92. The van der Waals surface area contributed by atoms with Crippen LogP contribution in [0.5, 0.6) is 5.75 Å². The third-order valence-electron chi connectivity index (χ3n) is 6.43. The molecule has 2 rings (SSSR count). The average molecular weight is 584 g/mol. The Morgan fingerprint density at radius 1 is 1.00 bits per heavy atom. The molecule has 1 atom stereocenters. The highest BCUT2D eigenvalue weighted by atomic mass is 79.9. The summed E-state index contributed by atoms with van der Waals surface area (Å²) in [6.45, 7) is 3.85. The monoisotopic (exact) mass is 582 g/mol. The minimum Gasteiger partial charge on any atom is -0.490 e. The summed E-state index contributed by atoms with van der Waals surface area (Å²) in [6.07, 6.45) is 11.8. The maximum absolute atomic E-state index is 13.5. The lowest BCUT2D eigenvalue weighted by molar-refractivity contribution is -0.147. The normalized spacial score (nSPS) is 15.4. The zero-order valence-corrected chi connectivity index (χ0v) is 24.0. The predicted molar refractivity (Wildman–Crippen MR) is 147 cm³/mol. The van der Waals surface area contributed by atoms with Crippen LogP contribution in [0.1, 0.15) is 87.9 Å². The van der Waals surface area contributed by atoms with Crippen LogP contribution < -0.4 is 10.1 Å². The fraction of sp³-hybridized carbons (Fsp3) is 0.679. The number of nitrogens with zero attached hydrogens (tertiary/aromatic N) is 1. The summed E-state index contributed by atoms with van der Waals surface area (Å²) in [7, 11) is 1.57. The molecule has 8 nitrogen and oxygen atoms in total. The van der Waals surface area contributed by atoms with Gasteiger partial charge >= 0.3 is 5.97 Å². The quantitative estimate of drug-likeness (QED) is 0.187. The van der Waals surface area contributed by atoms with Gasteiger partial charge in [-0.05, 0) is 24.6 Å². The third kappa shape index (κ3) is 11.4. The summed E-state index contributed by atoms with van der Waals surface area (Å²) in [5, 5.41) is 2.76. The molecule has 0 saturated carbocycles. The fourth-order valence-electron chi connectivity index (χ4n) is 4.34. The summed E-state index contributed by atoms with van der Waals surface area (Å²) in [4.78, 5) is 40.1. The molecule has 0 aliphatic carbocycles. The van der Waals surface area contributed by atoms with E-state index in [1.54, 1.807) is 25.3 Å². The number of unbranched alkanes of at least 4 members (excludes halogenated alkanes) is 9. The molecule has 1 aliphatic heterocycles. The Kier molecular flexibility index (Phi) is 15.3. The van der Waals surface area contributed by atoms with E-state index in [2.05, 4.69) is 28.2 Å². The van der Waals surface area contributed by atoms with E-state index in [9.17, 15) is 14.4 Å². The largest absolute Gasteiger partial charge is 0.490 e. The van der Waals surface area contributed by atoms with E-state index in [0.29, 0.717) is 42.1 Å². The van der Waals surface area contributed by atoms with Crippen molar-refractivity contribution in [1.29, 1.82) is 0 Å². The molecule has 1 aliphatic rings. The molecule has 1 N–H and O–H groups in total. The summed E-state index contributed by atoms with van der Waals surface area (Å²) < 4.78 is 16.9. The van der Waals surface area contributed by atoms with Crippen molar-refractivity contribution in [1.82, 2.24) is 10.2 Å². The number of benzene rings is 1. The van der Waals surface area contributed by atoms with Gasteiger partial charge in [0.2, 0.25) is 5.91 Å². The van der Waals surface area contributed by atoms with E-state index >= 15 is 0 Å². The van der Waals surface area contributed by atoms with Gasteiger partial charge in [0.25, 0.3) is 5.91 Å². The lowest BCUT2D eigenvalue weighted by atomic mass is 10.1. The first kappa shape index (κ1) is 31.1. The number of nitrogens with one attached hydrogen (secondary N) is 1. The van der Waals surface area contributed by atoms with E-state index in [-0.39, 0.29) is 24.8 Å². The number of hydrogen-bond donors (Lipinski definition) is 1. The number of rotatable bonds is 18. The van der Waals surface area contributed by atoms with E-state index in [4.69, 9.17) is 14.2 Å². The lowest BCUT2D eigenvalue weighted by Crippen LogP contribution is -2.57. The Morgan fingerprint density at radius 3 is 2.35 bits per heavy atom. The Morgan fingerprint density at radius 2 is 1.68 bits per heavy atom. The molecule has 0 radical (unpaired) electrons. The second-order valence-electron chi connectivity index (χ2n) is 9.39. The predicted octanol–water partition coefficient (Wildman–Crippen LogP) is 5.27. The van der Waals surface area contributed by atoms with Gasteiger partial charge in [-0.25, -0.2) is 0 Å². The summed E-state index contributed by atoms with van der Waals surface area (Å²) in [5.74, 6) is -0.788. The van der Waals surface area contributed by atoms with E-state index in [1.807, 2.05) is 0 Å². The molecule has 1 aromatic rings. The molecular formula is C28H43BrN2O6. The van der Waals surface area contributed by atoms with Gasteiger partial charge in [-0.2, -0.15) is 0 Å². The molecule has 1 aromatic carbocycles. The first-order valence-corrected chi connectivity index (χ1v) is 14.4. The molecule has 1 unspecified atom stereocenters. The van der Waals surface area contributed by atoms with Crippen molar-refractivity contribution < 1.29 is 28.6 Å². The maximum Gasteiger partial charge on any atom is 0.308 e. The van der Waals surface area contributed by atoms with Crippen molar-refractivity contribution in [3.63, 3.8) is 0 Å². The molecule has 208 valence electrons. The van der Waals surface area contributed by atoms with Crippen LogP contribution in [0.15, 0.2) is 22.7 Å². The van der Waals surface area contributed by atoms with Crippen molar-refractivity contribution in [3.05, 3.63) is 28.2 Å². The standard InChI is InChI=1S/C28H43BrN2O6/c1-3-4-5-6-7-8-9-10-11-12-17-37-26(32)21-24-27(33)30-15-16-31(24)28(34)23-20-22(29)13-14-25(23)36-19-18-35-2/h13-14,20,24H,3-12,15-19,21H2,1-2H3,(H,30,33). The summed E-state index contributed by atoms with van der Waals surface area (Å²) in [5.41, 5.74) is 0.323. The fourth-order valence-corrected chi connectivity index (χ4v) is 4.70. The van der Waals surface area contributed by atoms with Crippen LogP contribution in [0, 0.1) is 0 Å². The number of piperazine rings is 1. The van der Waals surface area contributed by atoms with Gasteiger partial charge in [0.15, 0.2) is 0 Å². The second kappa shape index (κ2) is 18.2. The molecule has 0 aromatic heterocycles. The highest BCUT2D eigenvalue weighted by Gasteiger charge is 2.36. The minimum atomic E-state index is -0.924. The zero-order valence-electron chi connectivity index (χ0n) is 22.4. The highest BCUT2D eigenvalue weighted by molar-refractivity contribution is 9.10. The van der Waals surface area contributed by atoms with Gasteiger partial charge in [-0.3, -0.25) is 14.4 Å². The number of esters is 1. The maximum atomic E-state index is 13.5. The van der Waals surface area contributed by atoms with Crippen molar-refractivity contribution in [3.8, 4) is 5.75 Å². The minimum absolute atomic E-state index is 0.177. The number of carbonyl (C=O) groups excluding carboxylic acids is 3. The Labute approximate surface area is 229 Å². The molecule has 2 amide bonds. The number of ether oxygens (including phenoxy) is 3. The molecule has 9 heteroatoms.